The molecule has 0 saturated carbocycles. The average molecular weight is 390 g/mol. The maximum absolute atomic E-state index is 10.3. The first kappa shape index (κ1) is 15.2. The standard InChI is InChI=1S/C18H21N5O5/c1-27-11-4-2-10(3-5-11)6-19-16-13-17(21-8-20-16)23(9-22-13)18-15(26)14(25)12(7-24)28-18/h2-5,8-9,12,14-15,18,24-26H,6-7H2,1H3,(H,19,20,21)/t12-,14-,15-,18-/m1/s1/i1D3. The number of hydrogen-bond acceptors (Lipinski definition) is 9. The summed E-state index contributed by atoms with van der Waals surface area (Å²) in [5, 5.41) is 32.7. The molecule has 3 heterocycles. The van der Waals surface area contributed by atoms with Gasteiger partial charge in [0.05, 0.1) is 24.1 Å². The zero-order valence-electron chi connectivity index (χ0n) is 17.6. The molecule has 0 bridgehead atoms. The highest BCUT2D eigenvalue weighted by Crippen LogP contribution is 2.32. The highest BCUT2D eigenvalue weighted by atomic mass is 16.6. The van der Waals surface area contributed by atoms with Crippen LogP contribution in [-0.2, 0) is 11.3 Å². The molecule has 0 radical (unpaired) electrons. The molecule has 4 rings (SSSR count). The maximum atomic E-state index is 10.3. The number of rotatable bonds is 6. The van der Waals surface area contributed by atoms with E-state index in [0.29, 0.717) is 23.5 Å². The number of methoxy groups -OCH3 is 1. The molecule has 4 atom stereocenters. The number of imidazole rings is 1. The number of hydrogen-bond donors (Lipinski definition) is 4. The fraction of sp³-hybridized carbons (Fsp3) is 0.389. The summed E-state index contributed by atoms with van der Waals surface area (Å²) in [5.74, 6) is 0.684. The Labute approximate surface area is 164 Å². The average Bonchev–Trinajstić information content (AvgIpc) is 3.28. The van der Waals surface area contributed by atoms with Crippen LogP contribution in [0.25, 0.3) is 11.2 Å². The molecule has 1 aliphatic heterocycles. The van der Waals surface area contributed by atoms with Crippen molar-refractivity contribution in [2.45, 2.75) is 31.1 Å². The van der Waals surface area contributed by atoms with E-state index in [2.05, 4.69) is 20.3 Å². The Morgan fingerprint density at radius 3 is 2.75 bits per heavy atom. The molecule has 0 amide bonds. The number of nitrogens with zero attached hydrogens (tertiary/aromatic N) is 4. The van der Waals surface area contributed by atoms with E-state index >= 15 is 0 Å². The van der Waals surface area contributed by atoms with Crippen molar-refractivity contribution in [2.75, 3.05) is 19.0 Å². The molecule has 1 saturated heterocycles. The zero-order valence-corrected chi connectivity index (χ0v) is 14.6. The molecule has 0 aliphatic carbocycles. The van der Waals surface area contributed by atoms with Crippen LogP contribution in [0.4, 0.5) is 5.82 Å². The van der Waals surface area contributed by atoms with Crippen molar-refractivity contribution in [3.63, 3.8) is 0 Å². The van der Waals surface area contributed by atoms with E-state index in [0.717, 1.165) is 5.56 Å². The van der Waals surface area contributed by atoms with E-state index in [9.17, 15) is 15.3 Å². The molecule has 1 aromatic carbocycles. The minimum Gasteiger partial charge on any atom is -0.497 e. The Balaban J connectivity index is 1.50. The van der Waals surface area contributed by atoms with Crippen LogP contribution < -0.4 is 10.1 Å². The summed E-state index contributed by atoms with van der Waals surface area (Å²) in [7, 11) is -2.50. The minimum absolute atomic E-state index is 0.241. The number of fused-ring (bicyclic) bond motifs is 1. The number of aliphatic hydroxyl groups excluding tert-OH is 3. The van der Waals surface area contributed by atoms with Crippen LogP contribution in [-0.4, -0.2) is 66.8 Å². The van der Waals surface area contributed by atoms with Gasteiger partial charge < -0.3 is 30.1 Å². The largest absolute Gasteiger partial charge is 0.497 e. The second-order valence-electron chi connectivity index (χ2n) is 6.37. The minimum atomic E-state index is -2.50. The quantitative estimate of drug-likeness (QED) is 0.461. The van der Waals surface area contributed by atoms with Gasteiger partial charge >= 0.3 is 0 Å². The Bertz CT molecular complexity index is 1050. The number of benzene rings is 1. The summed E-state index contributed by atoms with van der Waals surface area (Å²) in [4.78, 5) is 12.7. The Kier molecular flexibility index (Phi) is 4.16. The molecule has 4 N–H and O–H groups in total. The van der Waals surface area contributed by atoms with Crippen LogP contribution in [0, 0.1) is 0 Å². The van der Waals surface area contributed by atoms with Gasteiger partial charge in [-0.1, -0.05) is 12.1 Å². The van der Waals surface area contributed by atoms with Gasteiger partial charge in [0, 0.05) is 6.54 Å². The van der Waals surface area contributed by atoms with Crippen molar-refractivity contribution < 1.29 is 28.9 Å². The van der Waals surface area contributed by atoms with Gasteiger partial charge in [-0.15, -0.1) is 0 Å². The van der Waals surface area contributed by atoms with Gasteiger partial charge in [0.1, 0.15) is 30.4 Å². The third kappa shape index (κ3) is 3.27. The monoisotopic (exact) mass is 390 g/mol. The lowest BCUT2D eigenvalue weighted by Crippen LogP contribution is -2.33. The normalized spacial score (nSPS) is 26.6. The molecule has 1 fully saturated rings. The van der Waals surface area contributed by atoms with Crippen molar-refractivity contribution in [2.24, 2.45) is 0 Å². The van der Waals surface area contributed by atoms with Crippen molar-refractivity contribution in [3.8, 4) is 5.75 Å². The third-order valence-corrected chi connectivity index (χ3v) is 4.65. The zero-order chi connectivity index (χ0) is 22.2. The molecule has 10 nitrogen and oxygen atoms in total. The Morgan fingerprint density at radius 1 is 1.21 bits per heavy atom. The number of anilines is 1. The van der Waals surface area contributed by atoms with Gasteiger partial charge in [-0.2, -0.15) is 0 Å². The summed E-state index contributed by atoms with van der Waals surface area (Å²) in [6, 6.07) is 6.58. The van der Waals surface area contributed by atoms with Crippen molar-refractivity contribution in [1.82, 2.24) is 19.5 Å². The van der Waals surface area contributed by atoms with Crippen LogP contribution in [0.5, 0.6) is 5.75 Å². The lowest BCUT2D eigenvalue weighted by molar-refractivity contribution is -0.0511. The van der Waals surface area contributed by atoms with E-state index < -0.39 is 38.2 Å². The van der Waals surface area contributed by atoms with Gasteiger partial charge in [-0.25, -0.2) is 15.0 Å². The first-order valence-electron chi connectivity index (χ1n) is 10.1. The van der Waals surface area contributed by atoms with Crippen molar-refractivity contribution >= 4 is 17.0 Å². The second-order valence-corrected chi connectivity index (χ2v) is 6.37. The highest BCUT2D eigenvalue weighted by Gasteiger charge is 2.44. The summed E-state index contributed by atoms with van der Waals surface area (Å²) in [6.45, 7) is -0.0553. The predicted molar refractivity (Wildman–Crippen MR) is 98.7 cm³/mol. The lowest BCUT2D eigenvalue weighted by atomic mass is 10.1. The van der Waals surface area contributed by atoms with Gasteiger partial charge in [0.15, 0.2) is 23.2 Å². The first-order chi connectivity index (χ1) is 14.8. The maximum Gasteiger partial charge on any atom is 0.167 e. The Morgan fingerprint density at radius 2 is 2.04 bits per heavy atom. The molecule has 2 aromatic heterocycles. The molecule has 148 valence electrons. The molecule has 28 heavy (non-hydrogen) atoms. The smallest absolute Gasteiger partial charge is 0.167 e. The molecule has 1 aliphatic rings. The van der Waals surface area contributed by atoms with E-state index in [-0.39, 0.29) is 5.75 Å². The summed E-state index contributed by atoms with van der Waals surface area (Å²) >= 11 is 0. The first-order valence-corrected chi connectivity index (χ1v) is 8.58. The SMILES string of the molecule is [2H]C([2H])([2H])Oc1ccc(CNc2ncnc3c2ncn3[C@@H]2O[C@H](CO)[C@@H](O)[C@H]2O)cc1. The molecular weight excluding hydrogens is 366 g/mol. The van der Waals surface area contributed by atoms with Crippen molar-refractivity contribution in [1.29, 1.82) is 0 Å². The molecule has 3 aromatic rings. The topological polar surface area (TPSA) is 135 Å². The second kappa shape index (κ2) is 7.68. The summed E-state index contributed by atoms with van der Waals surface area (Å²) in [6.07, 6.45) is -1.59. The van der Waals surface area contributed by atoms with Crippen LogP contribution in [0.1, 0.15) is 15.9 Å². The van der Waals surface area contributed by atoms with Gasteiger partial charge in [-0.3, -0.25) is 4.57 Å². The number of aromatic nitrogens is 4. The van der Waals surface area contributed by atoms with Crippen molar-refractivity contribution in [3.05, 3.63) is 42.5 Å². The van der Waals surface area contributed by atoms with E-state index in [4.69, 9.17) is 13.6 Å². The van der Waals surface area contributed by atoms with E-state index in [1.165, 1.54) is 17.2 Å². The predicted octanol–water partition coefficient (Wildman–Crippen LogP) is 0.0585. The van der Waals surface area contributed by atoms with Crippen LogP contribution >= 0.6 is 0 Å². The van der Waals surface area contributed by atoms with E-state index in [1.807, 2.05) is 0 Å². The highest BCUT2D eigenvalue weighted by molar-refractivity contribution is 5.82. The number of aliphatic hydroxyl groups is 3. The third-order valence-electron chi connectivity index (χ3n) is 4.65. The molecular formula is C18H21N5O5. The van der Waals surface area contributed by atoms with Crippen LogP contribution in [0.2, 0.25) is 0 Å². The van der Waals surface area contributed by atoms with Gasteiger partial charge in [0.25, 0.3) is 0 Å². The number of nitrogens with one attached hydrogen (secondary N) is 1. The fourth-order valence-electron chi connectivity index (χ4n) is 3.14. The van der Waals surface area contributed by atoms with Gasteiger partial charge in [0.2, 0.25) is 0 Å². The number of ether oxygens (including phenoxy) is 2. The molecule has 10 heteroatoms. The van der Waals surface area contributed by atoms with E-state index in [1.54, 1.807) is 24.3 Å². The van der Waals surface area contributed by atoms with Crippen LogP contribution in [0.3, 0.4) is 0 Å². The van der Waals surface area contributed by atoms with Crippen LogP contribution in [0.15, 0.2) is 36.9 Å². The van der Waals surface area contributed by atoms with Gasteiger partial charge in [-0.05, 0) is 17.7 Å². The summed E-state index contributed by atoms with van der Waals surface area (Å²) < 4.78 is 33.2. The Hall–Kier alpha value is -2.79. The lowest BCUT2D eigenvalue weighted by Gasteiger charge is -2.16. The fourth-order valence-corrected chi connectivity index (χ4v) is 3.14. The molecule has 0 spiro atoms. The summed E-state index contributed by atoms with van der Waals surface area (Å²) in [5.41, 5.74) is 1.67. The molecule has 0 unspecified atom stereocenters.